The lowest BCUT2D eigenvalue weighted by atomic mass is 10.3. The Hall–Kier alpha value is -1.45. The van der Waals surface area contributed by atoms with Crippen LogP contribution in [0.15, 0.2) is 36.5 Å². The van der Waals surface area contributed by atoms with Crippen molar-refractivity contribution in [3.63, 3.8) is 0 Å². The summed E-state index contributed by atoms with van der Waals surface area (Å²) < 4.78 is 0. The molecular weight excluding hydrogens is 245 g/mol. The minimum absolute atomic E-state index is 0.587. The minimum atomic E-state index is 0.587. The summed E-state index contributed by atoms with van der Waals surface area (Å²) in [5, 5.41) is 4.23. The van der Waals surface area contributed by atoms with Crippen molar-refractivity contribution in [3.05, 3.63) is 46.6 Å². The zero-order valence-corrected chi connectivity index (χ0v) is 9.76. The molecule has 0 amide bonds. The lowest BCUT2D eigenvalue weighted by molar-refractivity contribution is 1.31. The van der Waals surface area contributed by atoms with Crippen molar-refractivity contribution < 1.29 is 0 Å². The van der Waals surface area contributed by atoms with Gasteiger partial charge in [-0.25, -0.2) is 4.98 Å². The Morgan fingerprint density at radius 2 is 1.94 bits per heavy atom. The number of hydrogen-bond donors (Lipinski definition) is 2. The molecule has 0 fully saturated rings. The van der Waals surface area contributed by atoms with Crippen molar-refractivity contribution in [2.24, 2.45) is 0 Å². The first-order valence-electron chi connectivity index (χ1n) is 4.59. The average Bonchev–Trinajstić information content (AvgIpc) is 2.27. The highest BCUT2D eigenvalue weighted by molar-refractivity contribution is 6.33. The van der Waals surface area contributed by atoms with Crippen LogP contribution < -0.4 is 11.1 Å². The summed E-state index contributed by atoms with van der Waals surface area (Å²) in [4.78, 5) is 4.10. The molecule has 0 aliphatic carbocycles. The molecule has 0 aliphatic heterocycles. The summed E-state index contributed by atoms with van der Waals surface area (Å²) >= 11 is 11.7. The smallest absolute Gasteiger partial charge is 0.130 e. The molecule has 82 valence electrons. The number of nitrogens with one attached hydrogen (secondary N) is 1. The molecule has 0 saturated heterocycles. The molecule has 1 heterocycles. The number of nitrogens with zero attached hydrogens (tertiary/aromatic N) is 1. The van der Waals surface area contributed by atoms with Crippen LogP contribution in [-0.4, -0.2) is 4.98 Å². The fourth-order valence-electron chi connectivity index (χ4n) is 1.23. The van der Waals surface area contributed by atoms with Gasteiger partial charge in [0.05, 0.1) is 15.7 Å². The molecule has 2 rings (SSSR count). The Morgan fingerprint density at radius 1 is 1.12 bits per heavy atom. The summed E-state index contributed by atoms with van der Waals surface area (Å²) in [6.07, 6.45) is 1.56. The third-order valence-electron chi connectivity index (χ3n) is 1.98. The van der Waals surface area contributed by atoms with Crippen molar-refractivity contribution in [2.45, 2.75) is 0 Å². The van der Waals surface area contributed by atoms with Gasteiger partial charge in [-0.3, -0.25) is 0 Å². The van der Waals surface area contributed by atoms with Crippen LogP contribution in [0.2, 0.25) is 10.0 Å². The topological polar surface area (TPSA) is 50.9 Å². The third-order valence-corrected chi connectivity index (χ3v) is 2.53. The van der Waals surface area contributed by atoms with Crippen LogP contribution >= 0.6 is 23.2 Å². The second-order valence-electron chi connectivity index (χ2n) is 3.23. The fourth-order valence-corrected chi connectivity index (χ4v) is 1.50. The number of anilines is 3. The van der Waals surface area contributed by atoms with Crippen molar-refractivity contribution >= 4 is 40.4 Å². The van der Waals surface area contributed by atoms with E-state index in [4.69, 9.17) is 28.9 Å². The minimum Gasteiger partial charge on any atom is -0.399 e. The molecule has 0 atom stereocenters. The van der Waals surface area contributed by atoms with Crippen LogP contribution in [0.4, 0.5) is 17.2 Å². The van der Waals surface area contributed by atoms with Crippen molar-refractivity contribution in [3.8, 4) is 0 Å². The van der Waals surface area contributed by atoms with Crippen LogP contribution in [-0.2, 0) is 0 Å². The van der Waals surface area contributed by atoms with Gasteiger partial charge in [0.1, 0.15) is 5.82 Å². The number of aromatic nitrogens is 1. The maximum Gasteiger partial charge on any atom is 0.130 e. The van der Waals surface area contributed by atoms with Gasteiger partial charge in [0.25, 0.3) is 0 Å². The van der Waals surface area contributed by atoms with Gasteiger partial charge in [0.15, 0.2) is 0 Å². The number of rotatable bonds is 2. The molecule has 3 nitrogen and oxygen atoms in total. The van der Waals surface area contributed by atoms with Crippen LogP contribution in [0.5, 0.6) is 0 Å². The zero-order valence-electron chi connectivity index (χ0n) is 8.24. The SMILES string of the molecule is Nc1ccc(Cl)c(Nc2ccc(Cl)cn2)c1. The number of pyridine rings is 1. The van der Waals surface area contributed by atoms with Crippen molar-refractivity contribution in [1.29, 1.82) is 0 Å². The second-order valence-corrected chi connectivity index (χ2v) is 4.07. The first-order chi connectivity index (χ1) is 7.65. The molecule has 0 spiro atoms. The molecule has 0 radical (unpaired) electrons. The maximum absolute atomic E-state index is 6.01. The highest BCUT2D eigenvalue weighted by Crippen LogP contribution is 2.26. The Labute approximate surface area is 103 Å². The maximum atomic E-state index is 6.01. The summed E-state index contributed by atoms with van der Waals surface area (Å²) in [5.41, 5.74) is 7.02. The molecule has 1 aromatic heterocycles. The normalized spacial score (nSPS) is 10.1. The fraction of sp³-hybridized carbons (Fsp3) is 0. The molecule has 0 bridgehead atoms. The van der Waals surface area contributed by atoms with Crippen LogP contribution in [0, 0.1) is 0 Å². The first kappa shape index (κ1) is 11.0. The van der Waals surface area contributed by atoms with E-state index < -0.39 is 0 Å². The van der Waals surface area contributed by atoms with E-state index >= 15 is 0 Å². The Kier molecular flexibility index (Phi) is 3.17. The molecule has 0 unspecified atom stereocenters. The lowest BCUT2D eigenvalue weighted by Gasteiger charge is -2.08. The van der Waals surface area contributed by atoms with Gasteiger partial charge < -0.3 is 11.1 Å². The Bertz CT molecular complexity index is 497. The lowest BCUT2D eigenvalue weighted by Crippen LogP contribution is -1.95. The number of nitrogens with two attached hydrogens (primary N) is 1. The Morgan fingerprint density at radius 3 is 2.62 bits per heavy atom. The summed E-state index contributed by atoms with van der Waals surface area (Å²) in [6.45, 7) is 0. The number of nitrogen functional groups attached to an aromatic ring is 1. The van der Waals surface area contributed by atoms with Gasteiger partial charge in [0.2, 0.25) is 0 Å². The summed E-state index contributed by atoms with van der Waals surface area (Å²) in [7, 11) is 0. The van der Waals surface area contributed by atoms with E-state index in [0.717, 1.165) is 5.69 Å². The van der Waals surface area contributed by atoms with Gasteiger partial charge in [-0.2, -0.15) is 0 Å². The monoisotopic (exact) mass is 253 g/mol. The molecule has 2 aromatic rings. The van der Waals surface area contributed by atoms with Crippen LogP contribution in [0.3, 0.4) is 0 Å². The molecule has 1 aromatic carbocycles. The van der Waals surface area contributed by atoms with Crippen LogP contribution in [0.25, 0.3) is 0 Å². The van der Waals surface area contributed by atoms with E-state index in [-0.39, 0.29) is 0 Å². The predicted molar refractivity (Wildman–Crippen MR) is 68.4 cm³/mol. The quantitative estimate of drug-likeness (QED) is 0.803. The highest BCUT2D eigenvalue weighted by Gasteiger charge is 2.01. The number of benzene rings is 1. The molecule has 0 saturated carbocycles. The van der Waals surface area contributed by atoms with E-state index in [2.05, 4.69) is 10.3 Å². The predicted octanol–water partition coefficient (Wildman–Crippen LogP) is 3.71. The van der Waals surface area contributed by atoms with E-state index in [9.17, 15) is 0 Å². The molecule has 0 aliphatic rings. The standard InChI is InChI=1S/C11H9Cl2N3/c12-7-1-4-11(15-6-7)16-10-5-8(14)2-3-9(10)13/h1-6H,14H2,(H,15,16). The van der Waals surface area contributed by atoms with Gasteiger partial charge in [-0.05, 0) is 30.3 Å². The molecule has 5 heteroatoms. The van der Waals surface area contributed by atoms with E-state index in [1.54, 1.807) is 36.5 Å². The van der Waals surface area contributed by atoms with Gasteiger partial charge in [0, 0.05) is 11.9 Å². The molecule has 3 N–H and O–H groups in total. The zero-order chi connectivity index (χ0) is 11.5. The molecule has 16 heavy (non-hydrogen) atoms. The average molecular weight is 254 g/mol. The van der Waals surface area contributed by atoms with Gasteiger partial charge >= 0.3 is 0 Å². The Balaban J connectivity index is 2.26. The van der Waals surface area contributed by atoms with Crippen molar-refractivity contribution in [1.82, 2.24) is 4.98 Å². The number of halogens is 2. The summed E-state index contributed by atoms with van der Waals surface area (Å²) in [5.74, 6) is 0.664. The largest absolute Gasteiger partial charge is 0.399 e. The molecular formula is C11H9Cl2N3. The highest BCUT2D eigenvalue weighted by atomic mass is 35.5. The summed E-state index contributed by atoms with van der Waals surface area (Å²) in [6, 6.07) is 8.73. The second kappa shape index (κ2) is 4.60. The van der Waals surface area contributed by atoms with E-state index in [1.165, 1.54) is 0 Å². The van der Waals surface area contributed by atoms with E-state index in [1.807, 2.05) is 0 Å². The van der Waals surface area contributed by atoms with E-state index in [0.29, 0.717) is 21.6 Å². The van der Waals surface area contributed by atoms with Crippen LogP contribution in [0.1, 0.15) is 0 Å². The van der Waals surface area contributed by atoms with Gasteiger partial charge in [-0.15, -0.1) is 0 Å². The van der Waals surface area contributed by atoms with Gasteiger partial charge in [-0.1, -0.05) is 23.2 Å². The first-order valence-corrected chi connectivity index (χ1v) is 5.34. The third kappa shape index (κ3) is 2.56. The van der Waals surface area contributed by atoms with Crippen molar-refractivity contribution in [2.75, 3.05) is 11.1 Å². The number of hydrogen-bond acceptors (Lipinski definition) is 3.